The molecule has 6 heteroatoms. The second-order valence-corrected chi connectivity index (χ2v) is 9.12. The van der Waals surface area contributed by atoms with Crippen LogP contribution in [0.1, 0.15) is 62.6 Å². The molecule has 158 valence electrons. The zero-order valence-corrected chi connectivity index (χ0v) is 18.6. The fraction of sp³-hybridized carbons (Fsp3) is 0.458. The van der Waals surface area contributed by atoms with Crippen molar-refractivity contribution in [3.05, 3.63) is 53.9 Å². The summed E-state index contributed by atoms with van der Waals surface area (Å²) in [4.78, 5) is 22.4. The predicted molar refractivity (Wildman–Crippen MR) is 123 cm³/mol. The van der Waals surface area contributed by atoms with Crippen molar-refractivity contribution in [1.82, 2.24) is 19.9 Å². The minimum Gasteiger partial charge on any atom is -0.352 e. The topological polar surface area (TPSA) is 59.8 Å². The van der Waals surface area contributed by atoms with Gasteiger partial charge in [0.25, 0.3) is 0 Å². The summed E-state index contributed by atoms with van der Waals surface area (Å²) in [5, 5.41) is 4.19. The van der Waals surface area contributed by atoms with Gasteiger partial charge in [-0.15, -0.1) is 0 Å². The van der Waals surface area contributed by atoms with E-state index >= 15 is 0 Å². The molecule has 3 aromatic rings. The fourth-order valence-corrected chi connectivity index (χ4v) is 5.30. The molecule has 2 heterocycles. The number of carbonyl (C=O) groups is 1. The molecule has 2 aromatic heterocycles. The minimum atomic E-state index is -0.277. The van der Waals surface area contributed by atoms with Gasteiger partial charge < -0.3 is 9.88 Å². The molecule has 1 aliphatic carbocycles. The van der Waals surface area contributed by atoms with E-state index in [1.54, 1.807) is 18.0 Å². The van der Waals surface area contributed by atoms with Crippen LogP contribution in [0.25, 0.3) is 11.0 Å². The number of aryl methyl sites for hydroxylation is 1. The molecule has 1 fully saturated rings. The van der Waals surface area contributed by atoms with E-state index in [4.69, 9.17) is 4.98 Å². The summed E-state index contributed by atoms with van der Waals surface area (Å²) < 4.78 is 2.10. The Bertz CT molecular complexity index is 1010. The maximum absolute atomic E-state index is 13.3. The molecule has 1 aromatic carbocycles. The van der Waals surface area contributed by atoms with E-state index in [1.807, 2.05) is 12.3 Å². The lowest BCUT2D eigenvalue weighted by Gasteiger charge is -2.26. The molecule has 4 rings (SSSR count). The van der Waals surface area contributed by atoms with E-state index in [-0.39, 0.29) is 11.9 Å². The van der Waals surface area contributed by atoms with E-state index in [1.165, 1.54) is 30.4 Å². The Morgan fingerprint density at radius 3 is 2.87 bits per heavy atom. The Balaban J connectivity index is 1.61. The van der Waals surface area contributed by atoms with Crippen LogP contribution in [0.15, 0.2) is 47.9 Å². The third-order valence-corrected chi connectivity index (χ3v) is 6.89. The number of imidazole rings is 1. The van der Waals surface area contributed by atoms with Crippen LogP contribution in [0.5, 0.6) is 0 Å². The van der Waals surface area contributed by atoms with Crippen LogP contribution in [0, 0.1) is 6.92 Å². The monoisotopic (exact) mass is 422 g/mol. The second-order valence-electron chi connectivity index (χ2n) is 8.17. The average molecular weight is 423 g/mol. The summed E-state index contributed by atoms with van der Waals surface area (Å²) in [5.41, 5.74) is 4.33. The van der Waals surface area contributed by atoms with Crippen molar-refractivity contribution < 1.29 is 4.79 Å². The number of fused-ring (bicyclic) bond motifs is 1. The van der Waals surface area contributed by atoms with Crippen molar-refractivity contribution in [2.75, 3.05) is 0 Å². The number of carbonyl (C=O) groups excluding carboxylic acids is 1. The van der Waals surface area contributed by atoms with E-state index in [0.29, 0.717) is 6.04 Å². The smallest absolute Gasteiger partial charge is 0.243 e. The van der Waals surface area contributed by atoms with Crippen molar-refractivity contribution in [3.63, 3.8) is 0 Å². The summed E-state index contributed by atoms with van der Waals surface area (Å²) in [7, 11) is 0. The molecule has 0 spiro atoms. The highest BCUT2D eigenvalue weighted by atomic mass is 32.2. The third-order valence-electron chi connectivity index (χ3n) is 5.86. The van der Waals surface area contributed by atoms with E-state index in [2.05, 4.69) is 53.0 Å². The van der Waals surface area contributed by atoms with Crippen LogP contribution in [0.3, 0.4) is 0 Å². The third kappa shape index (κ3) is 4.69. The van der Waals surface area contributed by atoms with Crippen molar-refractivity contribution in [2.45, 2.75) is 75.4 Å². The normalized spacial score (nSPS) is 15.9. The molecule has 1 N–H and O–H groups in total. The molecule has 30 heavy (non-hydrogen) atoms. The highest BCUT2D eigenvalue weighted by molar-refractivity contribution is 7.98. The van der Waals surface area contributed by atoms with Crippen LogP contribution >= 0.6 is 11.8 Å². The summed E-state index contributed by atoms with van der Waals surface area (Å²) in [6.45, 7) is 4.18. The minimum absolute atomic E-state index is 0.102. The van der Waals surface area contributed by atoms with Gasteiger partial charge in [-0.1, -0.05) is 67.8 Å². The first-order valence-corrected chi connectivity index (χ1v) is 11.9. The number of nitrogens with zero attached hydrogens (tertiary/aromatic N) is 3. The molecule has 1 atom stereocenters. The Hall–Kier alpha value is -2.34. The summed E-state index contributed by atoms with van der Waals surface area (Å²) in [6, 6.07) is 10.5. The van der Waals surface area contributed by atoms with Crippen LogP contribution in [-0.4, -0.2) is 26.5 Å². The molecule has 0 saturated heterocycles. The average Bonchev–Trinajstić information content (AvgIpc) is 3.12. The van der Waals surface area contributed by atoms with E-state index in [9.17, 15) is 4.79 Å². The molecule has 1 amide bonds. The molecule has 1 saturated carbocycles. The van der Waals surface area contributed by atoms with Gasteiger partial charge in [0, 0.05) is 18.0 Å². The Morgan fingerprint density at radius 1 is 1.27 bits per heavy atom. The molecule has 1 aliphatic rings. The summed E-state index contributed by atoms with van der Waals surface area (Å²) >= 11 is 1.69. The lowest BCUT2D eigenvalue weighted by atomic mass is 9.95. The SMILES string of the molecule is CC[C@@H](C(=O)NC1CCCCC1)n1c(SCc2cccc(C)c2)nc2ccncc21. The first kappa shape index (κ1) is 20.9. The Morgan fingerprint density at radius 2 is 2.10 bits per heavy atom. The van der Waals surface area contributed by atoms with Gasteiger partial charge >= 0.3 is 0 Å². The Labute approximate surface area is 182 Å². The molecule has 0 unspecified atom stereocenters. The van der Waals surface area contributed by atoms with E-state index < -0.39 is 0 Å². The van der Waals surface area contributed by atoms with Gasteiger partial charge in [-0.2, -0.15) is 0 Å². The quantitative estimate of drug-likeness (QED) is 0.516. The highest BCUT2D eigenvalue weighted by Crippen LogP contribution is 2.31. The van der Waals surface area contributed by atoms with Gasteiger partial charge in [0.15, 0.2) is 5.16 Å². The van der Waals surface area contributed by atoms with Crippen LogP contribution in [0.4, 0.5) is 0 Å². The largest absolute Gasteiger partial charge is 0.352 e. The zero-order valence-electron chi connectivity index (χ0n) is 17.8. The van der Waals surface area contributed by atoms with Gasteiger partial charge in [-0.3, -0.25) is 9.78 Å². The zero-order chi connectivity index (χ0) is 20.9. The highest BCUT2D eigenvalue weighted by Gasteiger charge is 2.27. The predicted octanol–water partition coefficient (Wildman–Crippen LogP) is 5.43. The Kier molecular flexibility index (Phi) is 6.72. The second kappa shape index (κ2) is 9.65. The fourth-order valence-electron chi connectivity index (χ4n) is 4.30. The standard InChI is InChI=1S/C24H30N4OS/c1-3-21(23(29)26-19-10-5-4-6-11-19)28-22-15-25-13-12-20(22)27-24(28)30-16-18-9-7-8-17(2)14-18/h7-9,12-15,19,21H,3-6,10-11,16H2,1-2H3,(H,26,29)/t21-/m0/s1. The number of rotatable bonds is 7. The number of pyridine rings is 1. The molecular weight excluding hydrogens is 392 g/mol. The summed E-state index contributed by atoms with van der Waals surface area (Å²) in [6.07, 6.45) is 10.2. The molecule has 0 radical (unpaired) electrons. The van der Waals surface area contributed by atoms with Crippen molar-refractivity contribution in [1.29, 1.82) is 0 Å². The van der Waals surface area contributed by atoms with Crippen LogP contribution in [0.2, 0.25) is 0 Å². The number of amides is 1. The summed E-state index contributed by atoms with van der Waals surface area (Å²) in [5.74, 6) is 0.920. The maximum atomic E-state index is 13.3. The maximum Gasteiger partial charge on any atom is 0.243 e. The van der Waals surface area contributed by atoms with Gasteiger partial charge in [0.05, 0.1) is 17.2 Å². The van der Waals surface area contributed by atoms with Gasteiger partial charge in [-0.05, 0) is 37.8 Å². The van der Waals surface area contributed by atoms with Gasteiger partial charge in [-0.25, -0.2) is 4.98 Å². The van der Waals surface area contributed by atoms with Crippen molar-refractivity contribution in [2.24, 2.45) is 0 Å². The number of aromatic nitrogens is 3. The number of thioether (sulfide) groups is 1. The van der Waals surface area contributed by atoms with Gasteiger partial charge in [0.2, 0.25) is 5.91 Å². The number of benzene rings is 1. The lowest BCUT2D eigenvalue weighted by molar-refractivity contribution is -0.125. The van der Waals surface area contributed by atoms with Gasteiger partial charge in [0.1, 0.15) is 6.04 Å². The molecule has 0 aliphatic heterocycles. The first-order valence-electron chi connectivity index (χ1n) is 11.0. The number of hydrogen-bond acceptors (Lipinski definition) is 4. The molecule has 0 bridgehead atoms. The molecular formula is C24H30N4OS. The van der Waals surface area contributed by atoms with Crippen LogP contribution < -0.4 is 5.32 Å². The first-order chi connectivity index (χ1) is 14.7. The van der Waals surface area contributed by atoms with E-state index in [0.717, 1.165) is 41.2 Å². The van der Waals surface area contributed by atoms with Crippen molar-refractivity contribution in [3.8, 4) is 0 Å². The molecule has 5 nitrogen and oxygen atoms in total. The number of hydrogen-bond donors (Lipinski definition) is 1. The number of nitrogens with one attached hydrogen (secondary N) is 1. The van der Waals surface area contributed by atoms with Crippen molar-refractivity contribution >= 4 is 28.7 Å². The lowest BCUT2D eigenvalue weighted by Crippen LogP contribution is -2.40. The van der Waals surface area contributed by atoms with Crippen LogP contribution in [-0.2, 0) is 10.5 Å².